The van der Waals surface area contributed by atoms with E-state index in [-0.39, 0.29) is 0 Å². The molecule has 0 unspecified atom stereocenters. The molecule has 0 aliphatic heterocycles. The van der Waals surface area contributed by atoms with Crippen LogP contribution in [0.4, 0.5) is 0 Å². The fraction of sp³-hybridized carbons (Fsp3) is 0.107. The van der Waals surface area contributed by atoms with E-state index >= 15 is 0 Å². The van der Waals surface area contributed by atoms with Crippen LogP contribution in [0.2, 0.25) is 17.3 Å². The topological polar surface area (TPSA) is 12.9 Å². The molecule has 0 radical (unpaired) electrons. The van der Waals surface area contributed by atoms with Gasteiger partial charge in [-0.05, 0) is 0 Å². The van der Waals surface area contributed by atoms with E-state index in [9.17, 15) is 0 Å². The van der Waals surface area contributed by atoms with Gasteiger partial charge in [-0.15, -0.1) is 0 Å². The van der Waals surface area contributed by atoms with Gasteiger partial charge in [-0.2, -0.15) is 0 Å². The van der Waals surface area contributed by atoms with Crippen molar-refractivity contribution in [3.05, 3.63) is 97.1 Å². The van der Waals surface area contributed by atoms with Crippen LogP contribution in [-0.4, -0.2) is 18.3 Å². The number of pyridine rings is 1. The summed E-state index contributed by atoms with van der Waals surface area (Å²) in [6.45, 7) is 0. The standard InChI is InChI=1S/C28H25GeN/c1-29(2,3)22-16-17-27-26(18-22)25(21-10-5-4-6-11-21)19-28(30-27)24-15-9-13-20-12-7-8-14-23(20)24/h4-19H,1-3H3. The SMILES string of the molecule is [CH3][Ge]([CH3])([CH3])[c]1ccc2nc(-c3cccc4ccccc34)cc(-c3ccccc3)c2c1. The van der Waals surface area contributed by atoms with Crippen LogP contribution < -0.4 is 4.40 Å². The van der Waals surface area contributed by atoms with E-state index in [2.05, 4.69) is 114 Å². The average molecular weight is 448 g/mol. The number of hydrogen-bond donors (Lipinski definition) is 0. The maximum absolute atomic E-state index is 5.13. The van der Waals surface area contributed by atoms with Crippen molar-refractivity contribution in [2.24, 2.45) is 0 Å². The van der Waals surface area contributed by atoms with E-state index in [1.54, 1.807) is 0 Å². The minimum absolute atomic E-state index is 1.03. The summed E-state index contributed by atoms with van der Waals surface area (Å²) in [5, 5.41) is 3.74. The van der Waals surface area contributed by atoms with Crippen LogP contribution in [0.25, 0.3) is 44.1 Å². The quantitative estimate of drug-likeness (QED) is 0.265. The fourth-order valence-corrected chi connectivity index (χ4v) is 6.57. The molecule has 30 heavy (non-hydrogen) atoms. The predicted octanol–water partition coefficient (Wildman–Crippen LogP) is 7.27. The molecule has 2 heteroatoms. The van der Waals surface area contributed by atoms with E-state index in [1.807, 2.05) is 0 Å². The Labute approximate surface area is 180 Å². The molecule has 1 heterocycles. The number of fused-ring (bicyclic) bond motifs is 2. The number of rotatable bonds is 3. The van der Waals surface area contributed by atoms with Gasteiger partial charge in [0.15, 0.2) is 0 Å². The molecular weight excluding hydrogens is 423 g/mol. The molecule has 4 aromatic carbocycles. The summed E-state index contributed by atoms with van der Waals surface area (Å²) < 4.78 is 1.51. The number of benzene rings is 4. The predicted molar refractivity (Wildman–Crippen MR) is 133 cm³/mol. The van der Waals surface area contributed by atoms with Gasteiger partial charge in [-0.1, -0.05) is 0 Å². The van der Waals surface area contributed by atoms with Crippen LogP contribution in [0.3, 0.4) is 0 Å². The zero-order valence-electron chi connectivity index (χ0n) is 17.7. The van der Waals surface area contributed by atoms with Gasteiger partial charge >= 0.3 is 181 Å². The first-order valence-corrected chi connectivity index (χ1v) is 17.8. The first kappa shape index (κ1) is 19.1. The molecule has 146 valence electrons. The zero-order chi connectivity index (χ0) is 20.7. The van der Waals surface area contributed by atoms with Gasteiger partial charge in [0.1, 0.15) is 0 Å². The molecule has 5 aromatic rings. The summed E-state index contributed by atoms with van der Waals surface area (Å²) in [6, 6.07) is 34.9. The van der Waals surface area contributed by atoms with Crippen LogP contribution in [0.15, 0.2) is 97.1 Å². The number of aromatic nitrogens is 1. The number of hydrogen-bond acceptors (Lipinski definition) is 1. The van der Waals surface area contributed by atoms with Crippen molar-refractivity contribution in [1.82, 2.24) is 4.98 Å². The Morgan fingerprint density at radius 2 is 1.33 bits per heavy atom. The van der Waals surface area contributed by atoms with Gasteiger partial charge in [0.25, 0.3) is 0 Å². The van der Waals surface area contributed by atoms with Crippen molar-refractivity contribution in [3.63, 3.8) is 0 Å². The van der Waals surface area contributed by atoms with Gasteiger partial charge < -0.3 is 0 Å². The summed E-state index contributed by atoms with van der Waals surface area (Å²) in [6.07, 6.45) is 0. The Balaban J connectivity index is 1.83. The van der Waals surface area contributed by atoms with E-state index in [4.69, 9.17) is 4.98 Å². The molecule has 0 N–H and O–H groups in total. The Morgan fingerprint density at radius 1 is 0.600 bits per heavy atom. The third-order valence-electron chi connectivity index (χ3n) is 5.83. The van der Waals surface area contributed by atoms with E-state index < -0.39 is 13.3 Å². The van der Waals surface area contributed by atoms with Crippen LogP contribution in [0, 0.1) is 0 Å². The molecule has 0 aliphatic rings. The minimum atomic E-state index is -1.94. The Bertz CT molecular complexity index is 1360. The summed E-state index contributed by atoms with van der Waals surface area (Å²) in [7, 11) is 0. The molecule has 0 saturated carbocycles. The summed E-state index contributed by atoms with van der Waals surface area (Å²) in [5.41, 5.74) is 5.78. The van der Waals surface area contributed by atoms with Gasteiger partial charge in [0.2, 0.25) is 0 Å². The molecule has 0 atom stereocenters. The molecule has 0 amide bonds. The van der Waals surface area contributed by atoms with Crippen molar-refractivity contribution < 1.29 is 0 Å². The molecule has 0 saturated heterocycles. The summed E-state index contributed by atoms with van der Waals surface area (Å²) >= 11 is -1.94. The van der Waals surface area contributed by atoms with Crippen molar-refractivity contribution in [2.45, 2.75) is 17.3 Å². The second kappa shape index (κ2) is 7.41. The van der Waals surface area contributed by atoms with E-state index in [0.29, 0.717) is 0 Å². The van der Waals surface area contributed by atoms with Crippen molar-refractivity contribution in [3.8, 4) is 22.4 Å². The molecule has 1 aromatic heterocycles. The fourth-order valence-electron chi connectivity index (χ4n) is 4.14. The summed E-state index contributed by atoms with van der Waals surface area (Å²) in [4.78, 5) is 5.13. The molecule has 1 nitrogen and oxygen atoms in total. The second-order valence-electron chi connectivity index (χ2n) is 8.93. The Hall–Kier alpha value is -2.91. The van der Waals surface area contributed by atoms with Gasteiger partial charge in [-0.3, -0.25) is 0 Å². The maximum atomic E-state index is 5.13. The first-order chi connectivity index (χ1) is 14.5. The molecule has 0 spiro atoms. The van der Waals surface area contributed by atoms with Crippen molar-refractivity contribution in [2.75, 3.05) is 0 Å². The third-order valence-corrected chi connectivity index (χ3v) is 10.1. The monoisotopic (exact) mass is 449 g/mol. The average Bonchev–Trinajstić information content (AvgIpc) is 2.77. The molecule has 0 aliphatic carbocycles. The molecular formula is C28H25GeN. The first-order valence-electron chi connectivity index (χ1n) is 10.5. The van der Waals surface area contributed by atoms with Gasteiger partial charge in [0, 0.05) is 0 Å². The molecule has 0 fully saturated rings. The second-order valence-corrected chi connectivity index (χ2v) is 19.6. The Morgan fingerprint density at radius 3 is 2.13 bits per heavy atom. The number of nitrogens with zero attached hydrogens (tertiary/aromatic N) is 1. The Kier molecular flexibility index (Phi) is 4.71. The van der Waals surface area contributed by atoms with Gasteiger partial charge in [-0.25, -0.2) is 0 Å². The van der Waals surface area contributed by atoms with Crippen LogP contribution in [-0.2, 0) is 0 Å². The third kappa shape index (κ3) is 3.44. The zero-order valence-corrected chi connectivity index (χ0v) is 19.8. The molecule has 5 rings (SSSR count). The molecule has 0 bridgehead atoms. The van der Waals surface area contributed by atoms with Crippen LogP contribution in [0.5, 0.6) is 0 Å². The van der Waals surface area contributed by atoms with Crippen LogP contribution >= 0.6 is 0 Å². The van der Waals surface area contributed by atoms with Crippen molar-refractivity contribution in [1.29, 1.82) is 0 Å². The normalized spacial score (nSPS) is 11.8. The van der Waals surface area contributed by atoms with Crippen LogP contribution in [0.1, 0.15) is 0 Å². The van der Waals surface area contributed by atoms with Crippen molar-refractivity contribution >= 4 is 39.3 Å². The van der Waals surface area contributed by atoms with E-state index in [0.717, 1.165) is 11.2 Å². The van der Waals surface area contributed by atoms with E-state index in [1.165, 1.54) is 37.2 Å². The summed E-state index contributed by atoms with van der Waals surface area (Å²) in [5.74, 6) is 7.34. The van der Waals surface area contributed by atoms with Gasteiger partial charge in [0.05, 0.1) is 0 Å².